The Morgan fingerprint density at radius 1 is 1.43 bits per heavy atom. The van der Waals surface area contributed by atoms with E-state index in [1.165, 1.54) is 0 Å². The third kappa shape index (κ3) is 2.31. The van der Waals surface area contributed by atoms with Gasteiger partial charge in [-0.2, -0.15) is 0 Å². The first-order valence-corrected chi connectivity index (χ1v) is 2.51. The van der Waals surface area contributed by atoms with Crippen molar-refractivity contribution in [2.24, 2.45) is 5.11 Å². The molecule has 2 nitrogen and oxygen atoms in total. The number of azo groups is 2. The summed E-state index contributed by atoms with van der Waals surface area (Å²) in [5, 5.41) is 3.92. The molecule has 0 N–H and O–H groups in total. The Morgan fingerprint density at radius 2 is 1.86 bits per heavy atom. The molecular weight excluding hydrogens is 88.1 g/mol. The fourth-order valence-electron chi connectivity index (χ4n) is 0.231. The maximum atomic E-state index is 3.92. The lowest BCUT2D eigenvalue weighted by molar-refractivity contribution is -0.594. The monoisotopic (exact) mass is 101 g/mol. The normalized spacial score (nSPS) is 13.0. The zero-order valence-electron chi connectivity index (χ0n) is 5.47. The summed E-state index contributed by atoms with van der Waals surface area (Å²) in [5.41, 5.74) is 0. The fourth-order valence-corrected chi connectivity index (χ4v) is 0.231. The summed E-state index contributed by atoms with van der Waals surface area (Å²) >= 11 is 0. The van der Waals surface area contributed by atoms with Gasteiger partial charge in [-0.1, -0.05) is 0 Å². The van der Waals surface area contributed by atoms with Gasteiger partial charge in [0.15, 0.2) is 13.1 Å². The zero-order valence-corrected chi connectivity index (χ0v) is 5.47. The van der Waals surface area contributed by atoms with Gasteiger partial charge in [-0.05, 0) is 19.0 Å². The van der Waals surface area contributed by atoms with Gasteiger partial charge in [0.05, 0.1) is 7.05 Å². The molecule has 42 valence electrons. The van der Waals surface area contributed by atoms with E-state index in [1.54, 1.807) is 7.05 Å². The molecule has 2 heteroatoms. The second kappa shape index (κ2) is 2.72. The van der Waals surface area contributed by atoms with E-state index in [1.807, 2.05) is 11.7 Å². The van der Waals surface area contributed by atoms with Crippen LogP contribution in [0, 0.1) is 0 Å². The van der Waals surface area contributed by atoms with Crippen molar-refractivity contribution >= 4 is 0 Å². The average molecular weight is 101 g/mol. The van der Waals surface area contributed by atoms with Crippen LogP contribution in [0.15, 0.2) is 5.11 Å². The molecule has 0 fully saturated rings. The van der Waals surface area contributed by atoms with Crippen LogP contribution < -0.4 is 0 Å². The summed E-state index contributed by atoms with van der Waals surface area (Å²) < 4.78 is 1.92. The van der Waals surface area contributed by atoms with E-state index in [9.17, 15) is 0 Å². The maximum absolute atomic E-state index is 3.92. The Bertz CT molecular complexity index is 74.1. The van der Waals surface area contributed by atoms with Gasteiger partial charge in [0.2, 0.25) is 0 Å². The highest BCUT2D eigenvalue weighted by Crippen LogP contribution is 1.82. The Kier molecular flexibility index (Phi) is 2.56. The van der Waals surface area contributed by atoms with Gasteiger partial charge < -0.3 is 0 Å². The number of nitrogens with zero attached hydrogens (tertiary/aromatic N) is 2. The van der Waals surface area contributed by atoms with Crippen molar-refractivity contribution in [3.8, 4) is 0 Å². The van der Waals surface area contributed by atoms with E-state index in [4.69, 9.17) is 0 Å². The Hall–Kier alpha value is -0.400. The quantitative estimate of drug-likeness (QED) is 0.347. The highest BCUT2D eigenvalue weighted by molar-refractivity contribution is 4.24. The van der Waals surface area contributed by atoms with Crippen molar-refractivity contribution in [1.29, 1.82) is 0 Å². The lowest BCUT2D eigenvalue weighted by Gasteiger charge is -1.92. The second-order valence-corrected chi connectivity index (χ2v) is 1.87. The van der Waals surface area contributed by atoms with Gasteiger partial charge in [0.1, 0.15) is 0 Å². The third-order valence-corrected chi connectivity index (χ3v) is 1.06. The Balaban J connectivity index is 3.56. The van der Waals surface area contributed by atoms with Gasteiger partial charge in [-0.15, -0.1) is 4.70 Å². The molecule has 0 spiro atoms. The topological polar surface area (TPSA) is 15.4 Å². The van der Waals surface area contributed by atoms with Crippen molar-refractivity contribution in [1.82, 2.24) is 0 Å². The zero-order chi connectivity index (χ0) is 5.86. The smallest absolute Gasteiger partial charge is 0.128 e. The van der Waals surface area contributed by atoms with Crippen LogP contribution in [0.3, 0.4) is 0 Å². The van der Waals surface area contributed by atoms with Crippen LogP contribution in [-0.4, -0.2) is 24.8 Å². The first-order valence-electron chi connectivity index (χ1n) is 2.51. The van der Waals surface area contributed by atoms with Crippen molar-refractivity contribution in [2.75, 3.05) is 14.1 Å². The average Bonchev–Trinajstić information content (AvgIpc) is 1.65. The number of hydrogen-bond acceptors (Lipinski definition) is 1. The summed E-state index contributed by atoms with van der Waals surface area (Å²) in [5.74, 6) is 0. The van der Waals surface area contributed by atoms with Crippen LogP contribution in [0.25, 0.3) is 0 Å². The Morgan fingerprint density at radius 3 is 1.86 bits per heavy atom. The van der Waals surface area contributed by atoms with Crippen LogP contribution >= 0.6 is 0 Å². The first-order chi connectivity index (χ1) is 3.18. The van der Waals surface area contributed by atoms with E-state index in [0.717, 1.165) is 0 Å². The molecule has 0 aromatic carbocycles. The Labute approximate surface area is 44.9 Å². The minimum absolute atomic E-state index is 0.532. The van der Waals surface area contributed by atoms with Crippen molar-refractivity contribution in [3.05, 3.63) is 0 Å². The molecule has 0 aliphatic rings. The molecular formula is C5H13N2+. The second-order valence-electron chi connectivity index (χ2n) is 1.87. The molecule has 0 amide bonds. The summed E-state index contributed by atoms with van der Waals surface area (Å²) in [4.78, 5) is 0. The number of hydrogen-bond donors (Lipinski definition) is 0. The van der Waals surface area contributed by atoms with Gasteiger partial charge in [0, 0.05) is 0 Å². The summed E-state index contributed by atoms with van der Waals surface area (Å²) in [6.07, 6.45) is 0. The lowest BCUT2D eigenvalue weighted by Crippen LogP contribution is -2.12. The highest BCUT2D eigenvalue weighted by atomic mass is 15.2. The van der Waals surface area contributed by atoms with Crippen LogP contribution in [0.1, 0.15) is 13.8 Å². The predicted octanol–water partition coefficient (Wildman–Crippen LogP) is 1.12. The van der Waals surface area contributed by atoms with E-state index < -0.39 is 0 Å². The maximum Gasteiger partial charge on any atom is 0.172 e. The molecule has 0 aliphatic carbocycles. The van der Waals surface area contributed by atoms with Gasteiger partial charge in [0.25, 0.3) is 0 Å². The minimum atomic E-state index is 0.532. The molecule has 0 saturated heterocycles. The standard InChI is InChI=1S/C5H13N2/c1-5(2)7(4)6-3/h5H,1-4H3/q+1. The van der Waals surface area contributed by atoms with Crippen molar-refractivity contribution < 1.29 is 4.70 Å². The molecule has 0 rings (SSSR count). The highest BCUT2D eigenvalue weighted by Gasteiger charge is 1.99. The predicted molar refractivity (Wildman–Crippen MR) is 29.7 cm³/mol. The molecule has 0 aromatic heterocycles. The lowest BCUT2D eigenvalue weighted by atomic mass is 10.4. The van der Waals surface area contributed by atoms with Crippen molar-refractivity contribution in [3.63, 3.8) is 0 Å². The van der Waals surface area contributed by atoms with Crippen LogP contribution in [-0.2, 0) is 0 Å². The summed E-state index contributed by atoms with van der Waals surface area (Å²) in [6.45, 7) is 4.21. The largest absolute Gasteiger partial charge is 0.172 e. The molecule has 0 unspecified atom stereocenters. The molecule has 0 aliphatic heterocycles. The number of rotatable bonds is 1. The SMILES string of the molecule is CN=[N+](C)C(C)C. The molecule has 0 aromatic rings. The minimum Gasteiger partial charge on any atom is -0.128 e. The third-order valence-electron chi connectivity index (χ3n) is 1.06. The van der Waals surface area contributed by atoms with E-state index in [0.29, 0.717) is 6.04 Å². The van der Waals surface area contributed by atoms with Gasteiger partial charge >= 0.3 is 0 Å². The molecule has 7 heavy (non-hydrogen) atoms. The van der Waals surface area contributed by atoms with Gasteiger partial charge in [-0.25, -0.2) is 0 Å². The molecule has 0 saturated carbocycles. The van der Waals surface area contributed by atoms with Crippen LogP contribution in [0.5, 0.6) is 0 Å². The van der Waals surface area contributed by atoms with Crippen LogP contribution in [0.4, 0.5) is 0 Å². The molecule has 0 heterocycles. The molecule has 0 radical (unpaired) electrons. The van der Waals surface area contributed by atoms with Gasteiger partial charge in [-0.3, -0.25) is 0 Å². The fraction of sp³-hybridized carbons (Fsp3) is 1.00. The molecule has 0 atom stereocenters. The first kappa shape index (κ1) is 6.60. The van der Waals surface area contributed by atoms with E-state index in [-0.39, 0.29) is 0 Å². The summed E-state index contributed by atoms with van der Waals surface area (Å²) in [6, 6.07) is 0.532. The van der Waals surface area contributed by atoms with E-state index in [2.05, 4.69) is 19.0 Å². The molecule has 0 bridgehead atoms. The van der Waals surface area contributed by atoms with E-state index >= 15 is 0 Å². The summed E-state index contributed by atoms with van der Waals surface area (Å²) in [7, 11) is 3.75. The van der Waals surface area contributed by atoms with Crippen LogP contribution in [0.2, 0.25) is 0 Å². The van der Waals surface area contributed by atoms with Crippen molar-refractivity contribution in [2.45, 2.75) is 19.9 Å².